The Kier molecular flexibility index (Phi) is 8.57. The van der Waals surface area contributed by atoms with Crippen molar-refractivity contribution in [1.82, 2.24) is 5.32 Å². The van der Waals surface area contributed by atoms with Crippen molar-refractivity contribution >= 4 is 21.6 Å². The number of carbonyl (C=O) groups excluding carboxylic acids is 1. The van der Waals surface area contributed by atoms with Gasteiger partial charge in [0.1, 0.15) is 12.3 Å². The molecule has 2 rings (SSSR count). The lowest BCUT2D eigenvalue weighted by molar-refractivity contribution is -0.119. The predicted octanol–water partition coefficient (Wildman–Crippen LogP) is 2.63. The van der Waals surface area contributed by atoms with Crippen LogP contribution in [0.15, 0.2) is 18.2 Å². The number of ether oxygens (including phenoxy) is 2. The van der Waals surface area contributed by atoms with Crippen LogP contribution in [0.3, 0.4) is 0 Å². The van der Waals surface area contributed by atoms with E-state index in [1.54, 1.807) is 12.1 Å². The minimum Gasteiger partial charge on any atom is -0.495 e. The first-order valence-corrected chi connectivity index (χ1v) is 11.7. The molecule has 1 aliphatic rings. The smallest absolute Gasteiger partial charge is 0.240 e. The van der Waals surface area contributed by atoms with Crippen molar-refractivity contribution in [2.75, 3.05) is 37.4 Å². The predicted molar refractivity (Wildman–Crippen MR) is 110 cm³/mol. The number of hydrogen-bond donors (Lipinski definition) is 1. The van der Waals surface area contributed by atoms with Gasteiger partial charge in [0.15, 0.2) is 0 Å². The van der Waals surface area contributed by atoms with Gasteiger partial charge in [0.25, 0.3) is 0 Å². The van der Waals surface area contributed by atoms with Gasteiger partial charge in [0.05, 0.1) is 25.2 Å². The molecule has 0 atom stereocenters. The first kappa shape index (κ1) is 22.5. The highest BCUT2D eigenvalue weighted by atomic mass is 32.2. The molecule has 1 N–H and O–H groups in total. The summed E-state index contributed by atoms with van der Waals surface area (Å²) in [6.45, 7) is 2.62. The maximum Gasteiger partial charge on any atom is 0.240 e. The molecule has 0 aromatic heterocycles. The molecule has 8 heteroatoms. The van der Waals surface area contributed by atoms with E-state index in [1.807, 2.05) is 13.0 Å². The van der Waals surface area contributed by atoms with E-state index in [-0.39, 0.29) is 12.5 Å². The first-order chi connectivity index (χ1) is 13.3. The van der Waals surface area contributed by atoms with Crippen LogP contribution in [0.5, 0.6) is 5.75 Å². The molecule has 0 bridgehead atoms. The van der Waals surface area contributed by atoms with Gasteiger partial charge in [-0.15, -0.1) is 0 Å². The Hall–Kier alpha value is -1.80. The molecule has 7 nitrogen and oxygen atoms in total. The van der Waals surface area contributed by atoms with E-state index in [9.17, 15) is 13.2 Å². The quantitative estimate of drug-likeness (QED) is 0.597. The van der Waals surface area contributed by atoms with Crippen LogP contribution >= 0.6 is 0 Å². The zero-order valence-corrected chi connectivity index (χ0v) is 17.9. The van der Waals surface area contributed by atoms with E-state index in [2.05, 4.69) is 5.32 Å². The first-order valence-electron chi connectivity index (χ1n) is 9.82. The number of amides is 1. The van der Waals surface area contributed by atoms with Gasteiger partial charge >= 0.3 is 0 Å². The zero-order chi connectivity index (χ0) is 20.6. The van der Waals surface area contributed by atoms with Gasteiger partial charge in [-0.3, -0.25) is 9.10 Å². The van der Waals surface area contributed by atoms with Crippen molar-refractivity contribution in [2.24, 2.45) is 0 Å². The lowest BCUT2D eigenvalue weighted by Gasteiger charge is -2.24. The van der Waals surface area contributed by atoms with Crippen LogP contribution in [0.4, 0.5) is 5.69 Å². The fraction of sp³-hybridized carbons (Fsp3) is 0.650. The lowest BCUT2D eigenvalue weighted by Crippen LogP contribution is -2.41. The topological polar surface area (TPSA) is 84.9 Å². The van der Waals surface area contributed by atoms with Crippen LogP contribution < -0.4 is 14.4 Å². The van der Waals surface area contributed by atoms with Gasteiger partial charge in [-0.1, -0.05) is 25.3 Å². The summed E-state index contributed by atoms with van der Waals surface area (Å²) in [5, 5.41) is 2.78. The van der Waals surface area contributed by atoms with Crippen molar-refractivity contribution in [2.45, 2.75) is 51.6 Å². The van der Waals surface area contributed by atoms with Crippen molar-refractivity contribution in [3.05, 3.63) is 23.8 Å². The second kappa shape index (κ2) is 10.7. The third kappa shape index (κ3) is 6.98. The minimum atomic E-state index is -3.64. The second-order valence-electron chi connectivity index (χ2n) is 7.28. The number of hydrogen-bond acceptors (Lipinski definition) is 5. The SMILES string of the molecule is COc1ccc(C)cc1N(CC(=O)NCCCOC1CCCCC1)S(C)(=O)=O. The molecule has 158 valence electrons. The van der Waals surface area contributed by atoms with Crippen LogP contribution in [0.1, 0.15) is 44.1 Å². The highest BCUT2D eigenvalue weighted by molar-refractivity contribution is 7.92. The average Bonchev–Trinajstić information content (AvgIpc) is 2.65. The standard InChI is InChI=1S/C20H32N2O5S/c1-16-10-11-19(26-2)18(14-16)22(28(3,24)25)15-20(23)21-12-7-13-27-17-8-5-4-6-9-17/h10-11,14,17H,4-9,12-13,15H2,1-3H3,(H,21,23). The molecular weight excluding hydrogens is 380 g/mol. The van der Waals surface area contributed by atoms with Gasteiger partial charge in [0, 0.05) is 13.2 Å². The normalized spacial score (nSPS) is 15.2. The van der Waals surface area contributed by atoms with Crippen molar-refractivity contribution < 1.29 is 22.7 Å². The molecule has 1 amide bonds. The zero-order valence-electron chi connectivity index (χ0n) is 17.1. The molecule has 1 aliphatic carbocycles. The van der Waals surface area contributed by atoms with Crippen molar-refractivity contribution in [3.63, 3.8) is 0 Å². The minimum absolute atomic E-state index is 0.290. The van der Waals surface area contributed by atoms with Gasteiger partial charge in [-0.05, 0) is 43.9 Å². The molecule has 0 heterocycles. The van der Waals surface area contributed by atoms with Gasteiger partial charge in [0.2, 0.25) is 15.9 Å². The number of methoxy groups -OCH3 is 1. The summed E-state index contributed by atoms with van der Waals surface area (Å²) < 4.78 is 36.7. The van der Waals surface area contributed by atoms with E-state index >= 15 is 0 Å². The molecule has 1 fully saturated rings. The number of benzene rings is 1. The highest BCUT2D eigenvalue weighted by Gasteiger charge is 2.24. The van der Waals surface area contributed by atoms with E-state index in [4.69, 9.17) is 9.47 Å². The Morgan fingerprint density at radius 3 is 2.61 bits per heavy atom. The maximum atomic E-state index is 12.3. The molecule has 1 saturated carbocycles. The van der Waals surface area contributed by atoms with Crippen LogP contribution in [0.2, 0.25) is 0 Å². The summed E-state index contributed by atoms with van der Waals surface area (Å²) in [6.07, 6.45) is 8.12. The molecule has 0 saturated heterocycles. The fourth-order valence-corrected chi connectivity index (χ4v) is 4.20. The maximum absolute atomic E-state index is 12.3. The molecule has 0 unspecified atom stereocenters. The van der Waals surface area contributed by atoms with Gasteiger partial charge < -0.3 is 14.8 Å². The van der Waals surface area contributed by atoms with Crippen LogP contribution in [-0.4, -0.2) is 53.5 Å². The van der Waals surface area contributed by atoms with Crippen LogP contribution in [0, 0.1) is 6.92 Å². The summed E-state index contributed by atoms with van der Waals surface area (Å²) in [4.78, 5) is 12.3. The summed E-state index contributed by atoms with van der Waals surface area (Å²) in [6, 6.07) is 5.23. The number of anilines is 1. The Morgan fingerprint density at radius 1 is 1.25 bits per heavy atom. The van der Waals surface area contributed by atoms with Crippen molar-refractivity contribution in [1.29, 1.82) is 0 Å². The lowest BCUT2D eigenvalue weighted by atomic mass is 9.98. The van der Waals surface area contributed by atoms with Gasteiger partial charge in [-0.2, -0.15) is 0 Å². The third-order valence-corrected chi connectivity index (χ3v) is 5.97. The Balaban J connectivity index is 1.87. The molecule has 1 aromatic rings. The molecule has 0 radical (unpaired) electrons. The number of nitrogens with one attached hydrogen (secondary N) is 1. The molecule has 28 heavy (non-hydrogen) atoms. The number of carbonyl (C=O) groups is 1. The van der Waals surface area contributed by atoms with Crippen LogP contribution in [0.25, 0.3) is 0 Å². The Bertz CT molecular complexity index is 745. The average molecular weight is 413 g/mol. The third-order valence-electron chi connectivity index (χ3n) is 4.84. The van der Waals surface area contributed by atoms with Gasteiger partial charge in [-0.25, -0.2) is 8.42 Å². The van der Waals surface area contributed by atoms with E-state index in [0.29, 0.717) is 37.1 Å². The van der Waals surface area contributed by atoms with Crippen LogP contribution in [-0.2, 0) is 19.6 Å². The molecular formula is C20H32N2O5S. The fourth-order valence-electron chi connectivity index (χ4n) is 3.34. The summed E-state index contributed by atoms with van der Waals surface area (Å²) in [5.74, 6) is 0.0522. The second-order valence-corrected chi connectivity index (χ2v) is 9.19. The Morgan fingerprint density at radius 2 is 1.96 bits per heavy atom. The number of sulfonamides is 1. The molecule has 0 aliphatic heterocycles. The summed E-state index contributed by atoms with van der Waals surface area (Å²) in [7, 11) is -2.17. The van der Waals surface area contributed by atoms with Crippen molar-refractivity contribution in [3.8, 4) is 5.75 Å². The number of nitrogens with zero attached hydrogens (tertiary/aromatic N) is 1. The number of rotatable bonds is 10. The summed E-state index contributed by atoms with van der Waals surface area (Å²) in [5.41, 5.74) is 1.24. The largest absolute Gasteiger partial charge is 0.495 e. The van der Waals surface area contributed by atoms with E-state index in [1.165, 1.54) is 26.4 Å². The number of aryl methyl sites for hydroxylation is 1. The highest BCUT2D eigenvalue weighted by Crippen LogP contribution is 2.30. The van der Waals surface area contributed by atoms with E-state index in [0.717, 1.165) is 29.0 Å². The summed E-state index contributed by atoms with van der Waals surface area (Å²) >= 11 is 0. The molecule has 1 aromatic carbocycles. The van der Waals surface area contributed by atoms with E-state index < -0.39 is 10.0 Å². The monoisotopic (exact) mass is 412 g/mol. The Labute approximate surface area is 168 Å². The molecule has 0 spiro atoms.